The minimum absolute atomic E-state index is 0.0288. The SMILES string of the molecule is CC#N.COc1nc(N2CCN(C(=O)/C=C/c3ccnc(C)n3)CC2)c2cnc(-c3nc(N)cc4cccc(F)c34)c(F)c2n1.FC1CC2CCCN2C1. The molecule has 7 heterocycles. The predicted molar refractivity (Wildman–Crippen MR) is 199 cm³/mol. The summed E-state index contributed by atoms with van der Waals surface area (Å²) in [5.41, 5.74) is 6.32. The van der Waals surface area contributed by atoms with E-state index in [1.54, 1.807) is 42.3 Å². The van der Waals surface area contributed by atoms with Crippen molar-refractivity contribution in [2.24, 2.45) is 0 Å². The van der Waals surface area contributed by atoms with Crippen LogP contribution in [0, 0.1) is 29.9 Å². The number of hydrogen-bond acceptors (Lipinski definition) is 12. The van der Waals surface area contributed by atoms with Crippen molar-refractivity contribution >= 4 is 45.3 Å². The number of piperazine rings is 1. The van der Waals surface area contributed by atoms with Gasteiger partial charge in [-0.3, -0.25) is 14.7 Å². The highest BCUT2D eigenvalue weighted by atomic mass is 19.1. The van der Waals surface area contributed by atoms with Crippen LogP contribution in [0.3, 0.4) is 0 Å². The summed E-state index contributed by atoms with van der Waals surface area (Å²) >= 11 is 0. The van der Waals surface area contributed by atoms with Crippen LogP contribution in [0.2, 0.25) is 0 Å². The Morgan fingerprint density at radius 3 is 2.56 bits per heavy atom. The number of benzene rings is 1. The summed E-state index contributed by atoms with van der Waals surface area (Å²) < 4.78 is 48.9. The second-order valence-electron chi connectivity index (χ2n) is 13.0. The van der Waals surface area contributed by atoms with Gasteiger partial charge in [-0.1, -0.05) is 12.1 Å². The Labute approximate surface area is 310 Å². The number of nitrogens with two attached hydrogens (primary N) is 1. The molecule has 2 N–H and O–H groups in total. The molecule has 280 valence electrons. The van der Waals surface area contributed by atoms with Gasteiger partial charge >= 0.3 is 6.01 Å². The summed E-state index contributed by atoms with van der Waals surface area (Å²) in [4.78, 5) is 44.3. The molecule has 0 spiro atoms. The van der Waals surface area contributed by atoms with Crippen molar-refractivity contribution in [3.63, 3.8) is 0 Å². The molecule has 4 aromatic heterocycles. The van der Waals surface area contributed by atoms with Crippen molar-refractivity contribution in [3.8, 4) is 23.5 Å². The van der Waals surface area contributed by atoms with Gasteiger partial charge in [-0.05, 0) is 62.4 Å². The molecule has 16 heteroatoms. The summed E-state index contributed by atoms with van der Waals surface area (Å²) in [7, 11) is 1.38. The first-order valence-electron chi connectivity index (χ1n) is 17.6. The quantitative estimate of drug-likeness (QED) is 0.232. The lowest BCUT2D eigenvalue weighted by Gasteiger charge is -2.35. The van der Waals surface area contributed by atoms with Gasteiger partial charge in [-0.2, -0.15) is 15.2 Å². The van der Waals surface area contributed by atoms with Crippen LogP contribution in [0.1, 0.15) is 37.7 Å². The van der Waals surface area contributed by atoms with E-state index >= 15 is 4.39 Å². The van der Waals surface area contributed by atoms with Gasteiger partial charge in [0.05, 0.1) is 24.3 Å². The number of carbonyl (C=O) groups excluding carboxylic acids is 1. The molecule has 3 saturated heterocycles. The summed E-state index contributed by atoms with van der Waals surface area (Å²) in [5.74, 6) is -0.413. The molecular weight excluding hydrogens is 699 g/mol. The predicted octanol–water partition coefficient (Wildman–Crippen LogP) is 5.29. The highest BCUT2D eigenvalue weighted by molar-refractivity contribution is 5.99. The van der Waals surface area contributed by atoms with E-state index in [2.05, 4.69) is 34.8 Å². The number of pyridine rings is 2. The Hall–Kier alpha value is -5.95. The van der Waals surface area contributed by atoms with Crippen LogP contribution < -0.4 is 15.4 Å². The van der Waals surface area contributed by atoms with Gasteiger partial charge in [0.2, 0.25) is 5.91 Å². The average molecular weight is 740 g/mol. The molecule has 1 aromatic carbocycles. The van der Waals surface area contributed by atoms with E-state index in [0.29, 0.717) is 66.9 Å². The Bertz CT molecular complexity index is 2210. The van der Waals surface area contributed by atoms with E-state index in [0.717, 1.165) is 13.0 Å². The van der Waals surface area contributed by atoms with E-state index < -0.39 is 17.8 Å². The smallest absolute Gasteiger partial charge is 0.318 e. The number of nitrogen functional groups attached to an aromatic ring is 1. The zero-order valence-electron chi connectivity index (χ0n) is 30.2. The number of fused-ring (bicyclic) bond motifs is 3. The molecule has 3 aliphatic heterocycles. The fraction of sp³-hybridized carbons (Fsp3) is 0.368. The van der Waals surface area contributed by atoms with Gasteiger partial charge in [-0.15, -0.1) is 0 Å². The van der Waals surface area contributed by atoms with E-state index in [4.69, 9.17) is 15.7 Å². The highest BCUT2D eigenvalue weighted by Gasteiger charge is 2.34. The van der Waals surface area contributed by atoms with Crippen LogP contribution in [0.25, 0.3) is 39.1 Å². The molecule has 1 amide bonds. The summed E-state index contributed by atoms with van der Waals surface area (Å²) in [5, 5.41) is 8.22. The number of aryl methyl sites for hydroxylation is 1. The largest absolute Gasteiger partial charge is 0.467 e. The molecule has 0 bridgehead atoms. The monoisotopic (exact) mass is 739 g/mol. The average Bonchev–Trinajstić information content (AvgIpc) is 3.75. The molecule has 13 nitrogen and oxygen atoms in total. The number of hydrogen-bond donors (Lipinski definition) is 1. The topological polar surface area (TPSA) is 163 Å². The van der Waals surface area contributed by atoms with Crippen molar-refractivity contribution in [1.29, 1.82) is 5.26 Å². The zero-order valence-corrected chi connectivity index (χ0v) is 30.2. The van der Waals surface area contributed by atoms with Crippen LogP contribution >= 0.6 is 0 Å². The summed E-state index contributed by atoms with van der Waals surface area (Å²) in [6.45, 7) is 6.74. The number of ether oxygens (including phenoxy) is 1. The zero-order chi connectivity index (χ0) is 38.4. The van der Waals surface area contributed by atoms with Gasteiger partial charge in [0.25, 0.3) is 0 Å². The van der Waals surface area contributed by atoms with E-state index in [1.165, 1.54) is 57.3 Å². The normalized spacial score (nSPS) is 18.2. The number of anilines is 2. The Kier molecular flexibility index (Phi) is 11.8. The van der Waals surface area contributed by atoms with Gasteiger partial charge in [0, 0.05) is 69.5 Å². The van der Waals surface area contributed by atoms with Gasteiger partial charge in [-0.25, -0.2) is 28.1 Å². The molecule has 2 atom stereocenters. The lowest BCUT2D eigenvalue weighted by atomic mass is 10.1. The first-order valence-corrected chi connectivity index (χ1v) is 17.6. The molecule has 54 heavy (non-hydrogen) atoms. The third-order valence-corrected chi connectivity index (χ3v) is 9.42. The molecule has 8 rings (SSSR count). The first-order chi connectivity index (χ1) is 26.1. The van der Waals surface area contributed by atoms with Crippen LogP contribution in [0.5, 0.6) is 6.01 Å². The Balaban J connectivity index is 0.000000352. The van der Waals surface area contributed by atoms with Crippen LogP contribution in [-0.4, -0.2) is 104 Å². The maximum Gasteiger partial charge on any atom is 0.318 e. The number of carbonyl (C=O) groups is 1. The van der Waals surface area contributed by atoms with Crippen LogP contribution in [0.15, 0.2) is 48.8 Å². The molecule has 0 aliphatic carbocycles. The number of rotatable bonds is 5. The van der Waals surface area contributed by atoms with E-state index in [1.807, 2.05) is 4.90 Å². The Morgan fingerprint density at radius 1 is 1.06 bits per heavy atom. The summed E-state index contributed by atoms with van der Waals surface area (Å²) in [6, 6.07) is 10.0. The molecule has 3 fully saturated rings. The number of amides is 1. The minimum Gasteiger partial charge on any atom is -0.467 e. The Morgan fingerprint density at radius 2 is 1.83 bits per heavy atom. The molecule has 0 saturated carbocycles. The number of halogens is 3. The molecule has 2 unspecified atom stereocenters. The number of aromatic nitrogens is 6. The lowest BCUT2D eigenvalue weighted by Crippen LogP contribution is -2.48. The maximum absolute atomic E-state index is 16.1. The second kappa shape index (κ2) is 16.8. The fourth-order valence-electron chi connectivity index (χ4n) is 6.97. The number of nitriles is 1. The molecule has 0 radical (unpaired) electrons. The van der Waals surface area contributed by atoms with Crippen molar-refractivity contribution in [2.75, 3.05) is 57.0 Å². The highest BCUT2D eigenvalue weighted by Crippen LogP contribution is 2.35. The van der Waals surface area contributed by atoms with Crippen molar-refractivity contribution in [3.05, 3.63) is 72.0 Å². The van der Waals surface area contributed by atoms with Crippen molar-refractivity contribution < 1.29 is 22.7 Å². The number of alkyl halides is 1. The number of nitrogens with zero attached hydrogens (tertiary/aromatic N) is 10. The molecule has 5 aromatic rings. The fourth-order valence-corrected chi connectivity index (χ4v) is 6.97. The third-order valence-electron chi connectivity index (χ3n) is 9.42. The third kappa shape index (κ3) is 8.31. The van der Waals surface area contributed by atoms with Crippen molar-refractivity contribution in [1.82, 2.24) is 39.7 Å². The van der Waals surface area contributed by atoms with E-state index in [9.17, 15) is 13.6 Å². The van der Waals surface area contributed by atoms with Gasteiger partial charge in [0.15, 0.2) is 5.82 Å². The molecule has 3 aliphatic rings. The first kappa shape index (κ1) is 37.8. The van der Waals surface area contributed by atoms with Crippen LogP contribution in [0.4, 0.5) is 24.8 Å². The summed E-state index contributed by atoms with van der Waals surface area (Å²) in [6.07, 6.45) is 9.02. The van der Waals surface area contributed by atoms with Gasteiger partial charge in [0.1, 0.15) is 46.4 Å². The van der Waals surface area contributed by atoms with Crippen molar-refractivity contribution in [2.45, 2.75) is 45.3 Å². The number of methoxy groups -OCH3 is 1. The minimum atomic E-state index is -0.809. The standard InChI is InChI=1S/C29H25F2N9O2.C7H12FN.C2H3N/c1-16-33-9-8-18(35-16)6-7-22(41)39-10-12-40(13-11-39)28-19-15-34-27(24(31)25(19)37-29(38-28)42-2)26-23-17(14-21(32)36-26)4-3-5-20(23)30;8-6-4-7-2-1-3-9(7)5-6;1-2-3/h3-9,14-15H,10-13H2,1-2H3,(H2,32,36);6-7H,1-5H2;1H3/b7-6+;;. The van der Waals surface area contributed by atoms with E-state index in [-0.39, 0.29) is 40.0 Å². The second-order valence-corrected chi connectivity index (χ2v) is 13.0. The maximum atomic E-state index is 16.1. The van der Waals surface area contributed by atoms with Crippen LogP contribution in [-0.2, 0) is 4.79 Å². The van der Waals surface area contributed by atoms with Gasteiger partial charge < -0.3 is 20.3 Å². The lowest BCUT2D eigenvalue weighted by molar-refractivity contribution is -0.126. The molecular formula is C38H40F3N11O2.